The second-order valence-corrected chi connectivity index (χ2v) is 16.5. The fraction of sp³-hybridized carbons (Fsp3) is 0.833. The fourth-order valence-electron chi connectivity index (χ4n) is 13.0. The van der Waals surface area contributed by atoms with Gasteiger partial charge in [-0.15, -0.1) is 0 Å². The lowest BCUT2D eigenvalue weighted by molar-refractivity contribution is -0.241. The van der Waals surface area contributed by atoms with Crippen molar-refractivity contribution in [2.45, 2.75) is 132 Å². The van der Waals surface area contributed by atoms with E-state index in [0.717, 1.165) is 29.6 Å². The summed E-state index contributed by atoms with van der Waals surface area (Å²) in [6.45, 7) is 21.2. The van der Waals surface area contributed by atoms with Gasteiger partial charge in [0.1, 0.15) is 0 Å². The van der Waals surface area contributed by atoms with Gasteiger partial charge in [0.25, 0.3) is 0 Å². The van der Waals surface area contributed by atoms with Crippen molar-refractivity contribution in [3.63, 3.8) is 0 Å². The van der Waals surface area contributed by atoms with Crippen LogP contribution >= 0.6 is 0 Å². The lowest BCUT2D eigenvalue weighted by atomic mass is 9.32. The third-order valence-electron chi connectivity index (χ3n) is 15.0. The van der Waals surface area contributed by atoms with Gasteiger partial charge in [0.2, 0.25) is 0 Å². The largest absolute Gasteiger partial charge is 0.0596 e. The molecule has 5 aliphatic carbocycles. The van der Waals surface area contributed by atoms with E-state index in [2.05, 4.69) is 79.7 Å². The van der Waals surface area contributed by atoms with Crippen LogP contribution in [0.1, 0.15) is 136 Å². The lowest BCUT2D eigenvalue weighted by Crippen LogP contribution is -2.65. The molecule has 0 heteroatoms. The summed E-state index contributed by atoms with van der Waals surface area (Å²) in [5, 5.41) is 0. The molecule has 1 unspecified atom stereocenters. The quantitative estimate of drug-likeness (QED) is 0.388. The van der Waals surface area contributed by atoms with Crippen LogP contribution in [0.5, 0.6) is 0 Å². The Morgan fingerprint density at radius 2 is 1.25 bits per heavy atom. The summed E-state index contributed by atoms with van der Waals surface area (Å²) >= 11 is 0. The van der Waals surface area contributed by atoms with Gasteiger partial charge < -0.3 is 0 Å². The van der Waals surface area contributed by atoms with Crippen LogP contribution < -0.4 is 0 Å². The van der Waals surface area contributed by atoms with Crippen LogP contribution in [0.4, 0.5) is 0 Å². The summed E-state index contributed by atoms with van der Waals surface area (Å²) in [7, 11) is 0. The van der Waals surface area contributed by atoms with Gasteiger partial charge >= 0.3 is 0 Å². The Kier molecular flexibility index (Phi) is 5.75. The topological polar surface area (TPSA) is 0 Å². The number of aryl methyl sites for hydroxylation is 1. The van der Waals surface area contributed by atoms with E-state index in [4.69, 9.17) is 0 Å². The molecule has 0 aromatic heterocycles. The van der Waals surface area contributed by atoms with Crippen molar-refractivity contribution in [2.24, 2.45) is 56.7 Å². The van der Waals surface area contributed by atoms with E-state index in [1.807, 2.05) is 0 Å². The molecule has 200 valence electrons. The molecular formula is C36H56. The monoisotopic (exact) mass is 488 g/mol. The van der Waals surface area contributed by atoms with E-state index in [1.54, 1.807) is 5.56 Å². The van der Waals surface area contributed by atoms with Crippen LogP contribution in [0.15, 0.2) is 24.3 Å². The molecular weight excluding hydrogens is 432 g/mol. The number of hydrogen-bond acceptors (Lipinski definition) is 0. The SMILES string of the molecule is Cc1ccc(C(C)[C@H]2CC[C@]3(C)[C@H]4CC[C@@H]5[C@@]6(C)CCCC(C)(C)[C@@H]6CC[C@@]5(C)[C@]4(C)CC[C@@H]23)cc1. The molecule has 6 rings (SSSR count). The lowest BCUT2D eigenvalue weighted by Gasteiger charge is -2.73. The third kappa shape index (κ3) is 3.24. The standard InChI is InChI=1S/C36H56/c1-24-10-12-26(13-11-24)25(2)27-16-21-33(5)28(27)17-22-35(7)30(33)14-15-31-34(6)20-9-19-32(3,4)29(34)18-23-36(31,35)8/h10-13,25,27-31H,9,14-23H2,1-8H3/t25?,27-,28+,29+,30-,31-,33+,34+,35-,36-/m1/s1. The molecule has 0 spiro atoms. The van der Waals surface area contributed by atoms with Gasteiger partial charge in [0, 0.05) is 0 Å². The van der Waals surface area contributed by atoms with Crippen molar-refractivity contribution in [1.29, 1.82) is 0 Å². The number of hydrogen-bond donors (Lipinski definition) is 0. The first-order chi connectivity index (χ1) is 16.9. The van der Waals surface area contributed by atoms with Gasteiger partial charge in [-0.2, -0.15) is 0 Å². The van der Waals surface area contributed by atoms with E-state index in [-0.39, 0.29) is 0 Å². The van der Waals surface area contributed by atoms with Crippen LogP contribution in [0.25, 0.3) is 0 Å². The summed E-state index contributed by atoms with van der Waals surface area (Å²) in [5.41, 5.74) is 5.70. The molecule has 0 heterocycles. The Balaban J connectivity index is 1.31. The Morgan fingerprint density at radius 3 is 1.92 bits per heavy atom. The van der Waals surface area contributed by atoms with Crippen LogP contribution in [0.3, 0.4) is 0 Å². The zero-order valence-corrected chi connectivity index (χ0v) is 25.1. The minimum absolute atomic E-state index is 0.527. The molecule has 0 N–H and O–H groups in total. The van der Waals surface area contributed by atoms with Crippen molar-refractivity contribution in [2.75, 3.05) is 0 Å². The van der Waals surface area contributed by atoms with Crippen LogP contribution in [0, 0.1) is 63.6 Å². The van der Waals surface area contributed by atoms with E-state index in [1.165, 1.54) is 76.2 Å². The van der Waals surface area contributed by atoms with E-state index < -0.39 is 0 Å². The predicted octanol–water partition coefficient (Wildman–Crippen LogP) is 10.6. The average molecular weight is 489 g/mol. The molecule has 0 bridgehead atoms. The van der Waals surface area contributed by atoms with Crippen molar-refractivity contribution >= 4 is 0 Å². The first kappa shape index (κ1) is 25.5. The van der Waals surface area contributed by atoms with Gasteiger partial charge in [-0.3, -0.25) is 0 Å². The van der Waals surface area contributed by atoms with Crippen LogP contribution in [-0.2, 0) is 0 Å². The zero-order chi connectivity index (χ0) is 25.7. The van der Waals surface area contributed by atoms with E-state index in [9.17, 15) is 0 Å². The third-order valence-corrected chi connectivity index (χ3v) is 15.0. The highest BCUT2D eigenvalue weighted by Gasteiger charge is 2.70. The summed E-state index contributed by atoms with van der Waals surface area (Å²) in [4.78, 5) is 0. The van der Waals surface area contributed by atoms with Gasteiger partial charge in [0.15, 0.2) is 0 Å². The first-order valence-electron chi connectivity index (χ1n) is 15.9. The van der Waals surface area contributed by atoms with Crippen LogP contribution in [0.2, 0.25) is 0 Å². The highest BCUT2D eigenvalue weighted by molar-refractivity contribution is 5.26. The maximum absolute atomic E-state index is 2.82. The molecule has 0 saturated heterocycles. The fourth-order valence-corrected chi connectivity index (χ4v) is 13.0. The summed E-state index contributed by atoms with van der Waals surface area (Å²) in [5.74, 6) is 5.31. The molecule has 1 aromatic carbocycles. The molecule has 5 aliphatic rings. The van der Waals surface area contributed by atoms with E-state index in [0.29, 0.717) is 33.0 Å². The predicted molar refractivity (Wildman–Crippen MR) is 154 cm³/mol. The maximum atomic E-state index is 2.82. The number of rotatable bonds is 2. The van der Waals surface area contributed by atoms with Gasteiger partial charge in [0.05, 0.1) is 0 Å². The Bertz CT molecular complexity index is 986. The van der Waals surface area contributed by atoms with Crippen molar-refractivity contribution < 1.29 is 0 Å². The van der Waals surface area contributed by atoms with Crippen LogP contribution in [-0.4, -0.2) is 0 Å². The van der Waals surface area contributed by atoms with Gasteiger partial charge in [-0.1, -0.05) is 84.7 Å². The van der Waals surface area contributed by atoms with Gasteiger partial charge in [-0.25, -0.2) is 0 Å². The minimum atomic E-state index is 0.527. The second-order valence-electron chi connectivity index (χ2n) is 16.5. The van der Waals surface area contributed by atoms with Crippen molar-refractivity contribution in [3.05, 3.63) is 35.4 Å². The molecule has 5 saturated carbocycles. The molecule has 10 atom stereocenters. The molecule has 0 amide bonds. The summed E-state index contributed by atoms with van der Waals surface area (Å²) in [6.07, 6.45) is 16.3. The normalized spacial score (nSPS) is 50.4. The average Bonchev–Trinajstić information content (AvgIpc) is 3.16. The van der Waals surface area contributed by atoms with Crippen molar-refractivity contribution in [1.82, 2.24) is 0 Å². The molecule has 0 radical (unpaired) electrons. The highest BCUT2D eigenvalue weighted by atomic mass is 14.7. The Hall–Kier alpha value is -0.780. The second kappa shape index (κ2) is 8.11. The summed E-state index contributed by atoms with van der Waals surface area (Å²) < 4.78 is 0. The smallest absolute Gasteiger partial charge is 0.0159 e. The van der Waals surface area contributed by atoms with Gasteiger partial charge in [-0.05, 0) is 139 Å². The summed E-state index contributed by atoms with van der Waals surface area (Å²) in [6, 6.07) is 9.53. The molecule has 5 fully saturated rings. The number of benzene rings is 1. The molecule has 0 nitrogen and oxygen atoms in total. The molecule has 0 aliphatic heterocycles. The Labute approximate surface area is 223 Å². The zero-order valence-electron chi connectivity index (χ0n) is 25.1. The number of fused-ring (bicyclic) bond motifs is 7. The molecule has 1 aromatic rings. The Morgan fingerprint density at radius 1 is 0.639 bits per heavy atom. The first-order valence-corrected chi connectivity index (χ1v) is 15.9. The van der Waals surface area contributed by atoms with Crippen molar-refractivity contribution in [3.8, 4) is 0 Å². The van der Waals surface area contributed by atoms with E-state index >= 15 is 0 Å². The minimum Gasteiger partial charge on any atom is -0.0596 e. The maximum Gasteiger partial charge on any atom is -0.0159 e. The highest BCUT2D eigenvalue weighted by Crippen LogP contribution is 2.78. The molecule has 36 heavy (non-hydrogen) atoms.